The largest absolute Gasteiger partial charge is 0.611 e. The molecule has 0 radical (unpaired) electrons. The van der Waals surface area contributed by atoms with Crippen molar-refractivity contribution in [2.24, 2.45) is 0 Å². The third-order valence-electron chi connectivity index (χ3n) is 2.42. The standard InChI is InChI=1S/C14H14OS/c1-12-7-9-13(10-8-12)11-16(15)14-5-3-2-4-6-14/h2-10H,11H2,1H3. The third-order valence-corrected chi connectivity index (χ3v) is 3.82. The minimum atomic E-state index is -0.941. The van der Waals surface area contributed by atoms with Gasteiger partial charge >= 0.3 is 0 Å². The average molecular weight is 230 g/mol. The molecule has 0 saturated carbocycles. The Balaban J connectivity index is 2.08. The topological polar surface area (TPSA) is 23.1 Å². The lowest BCUT2D eigenvalue weighted by molar-refractivity contribution is 0.594. The second-order valence-corrected chi connectivity index (χ2v) is 5.24. The predicted molar refractivity (Wildman–Crippen MR) is 67.7 cm³/mol. The Bertz CT molecular complexity index is 436. The third kappa shape index (κ3) is 2.87. The summed E-state index contributed by atoms with van der Waals surface area (Å²) in [4.78, 5) is 0.892. The van der Waals surface area contributed by atoms with Crippen molar-refractivity contribution in [2.45, 2.75) is 17.6 Å². The highest BCUT2D eigenvalue weighted by Crippen LogP contribution is 2.16. The molecule has 0 aliphatic heterocycles. The first-order valence-corrected chi connectivity index (χ1v) is 6.56. The number of rotatable bonds is 3. The lowest BCUT2D eigenvalue weighted by Crippen LogP contribution is -2.04. The van der Waals surface area contributed by atoms with E-state index in [-0.39, 0.29) is 0 Å². The minimum absolute atomic E-state index is 0.588. The maximum Gasteiger partial charge on any atom is 0.153 e. The van der Waals surface area contributed by atoms with Crippen LogP contribution in [0.2, 0.25) is 0 Å². The first-order valence-electron chi connectivity index (χ1n) is 5.25. The van der Waals surface area contributed by atoms with E-state index in [9.17, 15) is 4.55 Å². The van der Waals surface area contributed by atoms with E-state index in [0.717, 1.165) is 10.5 Å². The van der Waals surface area contributed by atoms with E-state index < -0.39 is 11.2 Å². The van der Waals surface area contributed by atoms with Crippen LogP contribution in [0.3, 0.4) is 0 Å². The number of benzene rings is 2. The summed E-state index contributed by atoms with van der Waals surface area (Å²) in [6, 6.07) is 17.8. The Morgan fingerprint density at radius 1 is 0.938 bits per heavy atom. The van der Waals surface area contributed by atoms with Crippen molar-refractivity contribution in [1.29, 1.82) is 0 Å². The quantitative estimate of drug-likeness (QED) is 0.742. The summed E-state index contributed by atoms with van der Waals surface area (Å²) in [5, 5.41) is 0. The van der Waals surface area contributed by atoms with E-state index in [1.54, 1.807) is 0 Å². The van der Waals surface area contributed by atoms with Gasteiger partial charge < -0.3 is 4.55 Å². The molecule has 1 atom stereocenters. The summed E-state index contributed by atoms with van der Waals surface area (Å²) in [6.07, 6.45) is 0. The molecule has 82 valence electrons. The summed E-state index contributed by atoms with van der Waals surface area (Å²) < 4.78 is 12.0. The Hall–Kier alpha value is -1.25. The molecular weight excluding hydrogens is 216 g/mol. The van der Waals surface area contributed by atoms with Gasteiger partial charge in [-0.25, -0.2) is 0 Å². The lowest BCUT2D eigenvalue weighted by Gasteiger charge is -2.10. The van der Waals surface area contributed by atoms with Crippen LogP contribution in [0, 0.1) is 6.92 Å². The highest BCUT2D eigenvalue weighted by molar-refractivity contribution is 7.90. The fourth-order valence-electron chi connectivity index (χ4n) is 1.49. The lowest BCUT2D eigenvalue weighted by atomic mass is 10.2. The van der Waals surface area contributed by atoms with E-state index in [0.29, 0.717) is 5.75 Å². The van der Waals surface area contributed by atoms with Crippen molar-refractivity contribution in [3.8, 4) is 0 Å². The van der Waals surface area contributed by atoms with Gasteiger partial charge in [0.1, 0.15) is 5.75 Å². The number of aryl methyl sites for hydroxylation is 1. The fraction of sp³-hybridized carbons (Fsp3) is 0.143. The van der Waals surface area contributed by atoms with Gasteiger partial charge in [-0.15, -0.1) is 0 Å². The molecule has 0 fully saturated rings. The number of hydrogen-bond acceptors (Lipinski definition) is 1. The molecule has 0 amide bonds. The fourth-order valence-corrected chi connectivity index (χ4v) is 2.61. The van der Waals surface area contributed by atoms with E-state index in [1.165, 1.54) is 5.56 Å². The second-order valence-electron chi connectivity index (χ2n) is 3.79. The van der Waals surface area contributed by atoms with Crippen LogP contribution in [0.1, 0.15) is 11.1 Å². The highest BCUT2D eigenvalue weighted by Gasteiger charge is 2.10. The molecule has 1 nitrogen and oxygen atoms in total. The molecule has 2 rings (SSSR count). The molecule has 0 heterocycles. The summed E-state index contributed by atoms with van der Waals surface area (Å²) in [5.74, 6) is 0.588. The molecule has 1 unspecified atom stereocenters. The molecular formula is C14H14OS. The Kier molecular flexibility index (Phi) is 3.65. The Morgan fingerprint density at radius 3 is 2.19 bits per heavy atom. The van der Waals surface area contributed by atoms with Gasteiger partial charge in [0.05, 0.1) is 0 Å². The van der Waals surface area contributed by atoms with Crippen molar-refractivity contribution in [1.82, 2.24) is 0 Å². The van der Waals surface area contributed by atoms with Crippen LogP contribution in [-0.2, 0) is 16.9 Å². The van der Waals surface area contributed by atoms with E-state index in [1.807, 2.05) is 42.5 Å². The van der Waals surface area contributed by atoms with Crippen LogP contribution in [0.15, 0.2) is 59.5 Å². The van der Waals surface area contributed by atoms with Gasteiger partial charge in [-0.05, 0) is 30.2 Å². The summed E-state index contributed by atoms with van der Waals surface area (Å²) in [7, 11) is 0. The summed E-state index contributed by atoms with van der Waals surface area (Å²) >= 11 is -0.941. The Morgan fingerprint density at radius 2 is 1.56 bits per heavy atom. The van der Waals surface area contributed by atoms with Gasteiger partial charge in [-0.1, -0.05) is 48.0 Å². The first-order chi connectivity index (χ1) is 7.75. The van der Waals surface area contributed by atoms with Crippen LogP contribution in [0.5, 0.6) is 0 Å². The molecule has 0 spiro atoms. The first kappa shape index (κ1) is 11.2. The molecule has 0 aliphatic carbocycles. The number of hydrogen-bond donors (Lipinski definition) is 0. The highest BCUT2D eigenvalue weighted by atomic mass is 32.2. The average Bonchev–Trinajstić information content (AvgIpc) is 2.33. The van der Waals surface area contributed by atoms with Gasteiger partial charge in [-0.2, -0.15) is 0 Å². The SMILES string of the molecule is Cc1ccc(C[S+]([O-])c2ccccc2)cc1. The monoisotopic (exact) mass is 230 g/mol. The second kappa shape index (κ2) is 5.19. The zero-order valence-electron chi connectivity index (χ0n) is 9.22. The minimum Gasteiger partial charge on any atom is -0.611 e. The van der Waals surface area contributed by atoms with Gasteiger partial charge in [0, 0.05) is 5.56 Å². The molecule has 2 aromatic rings. The van der Waals surface area contributed by atoms with Crippen LogP contribution in [0.25, 0.3) is 0 Å². The molecule has 2 aromatic carbocycles. The molecule has 0 bridgehead atoms. The van der Waals surface area contributed by atoms with Crippen LogP contribution >= 0.6 is 0 Å². The van der Waals surface area contributed by atoms with Crippen molar-refractivity contribution in [2.75, 3.05) is 0 Å². The van der Waals surface area contributed by atoms with Crippen LogP contribution < -0.4 is 0 Å². The van der Waals surface area contributed by atoms with E-state index in [4.69, 9.17) is 0 Å². The van der Waals surface area contributed by atoms with Crippen LogP contribution in [0.4, 0.5) is 0 Å². The van der Waals surface area contributed by atoms with Gasteiger partial charge in [0.15, 0.2) is 4.90 Å². The maximum atomic E-state index is 12.0. The normalized spacial score (nSPS) is 12.4. The molecule has 16 heavy (non-hydrogen) atoms. The summed E-state index contributed by atoms with van der Waals surface area (Å²) in [6.45, 7) is 2.05. The molecule has 0 N–H and O–H groups in total. The summed E-state index contributed by atoms with van der Waals surface area (Å²) in [5.41, 5.74) is 2.35. The molecule has 0 saturated heterocycles. The zero-order chi connectivity index (χ0) is 11.4. The van der Waals surface area contributed by atoms with E-state index >= 15 is 0 Å². The predicted octanol–water partition coefficient (Wildman–Crippen LogP) is 3.30. The van der Waals surface area contributed by atoms with Crippen molar-refractivity contribution < 1.29 is 4.55 Å². The Labute approximate surface area is 99.3 Å². The van der Waals surface area contributed by atoms with Crippen molar-refractivity contribution >= 4 is 11.2 Å². The van der Waals surface area contributed by atoms with Crippen molar-refractivity contribution in [3.63, 3.8) is 0 Å². The van der Waals surface area contributed by atoms with Crippen LogP contribution in [-0.4, -0.2) is 4.55 Å². The molecule has 2 heteroatoms. The van der Waals surface area contributed by atoms with Gasteiger partial charge in [0.2, 0.25) is 0 Å². The van der Waals surface area contributed by atoms with Gasteiger partial charge in [-0.3, -0.25) is 0 Å². The molecule has 0 aliphatic rings. The zero-order valence-corrected chi connectivity index (χ0v) is 10.0. The van der Waals surface area contributed by atoms with E-state index in [2.05, 4.69) is 19.1 Å². The van der Waals surface area contributed by atoms with Crippen molar-refractivity contribution in [3.05, 3.63) is 65.7 Å². The maximum absolute atomic E-state index is 12.0. The molecule has 0 aromatic heterocycles. The van der Waals surface area contributed by atoms with Gasteiger partial charge in [0.25, 0.3) is 0 Å². The smallest absolute Gasteiger partial charge is 0.153 e.